The Labute approximate surface area is 314 Å². The van der Waals surface area contributed by atoms with E-state index in [9.17, 15) is 9.59 Å². The van der Waals surface area contributed by atoms with Crippen LogP contribution < -0.4 is 0 Å². The number of alkyl halides is 2. The standard InChI is InChI=1S/C40H76I2O4/c1-3-5-7-9-11-13-15-17-19-21-23-25-27-29-31-33-39(43)45-37(35-41)38(36-42)46-40(44)34-32-30-28-26-24-22-20-18-16-14-12-10-8-6-4-2/h37-38H,3-36H2,1-2H3/t37-,38+. The molecule has 0 spiro atoms. The third-order valence-corrected chi connectivity index (χ3v) is 11.0. The fraction of sp³-hybridized carbons (Fsp3) is 0.950. The lowest BCUT2D eigenvalue weighted by atomic mass is 10.0. The summed E-state index contributed by atoms with van der Waals surface area (Å²) in [6.07, 6.45) is 39.6. The lowest BCUT2D eigenvalue weighted by Crippen LogP contribution is -2.37. The summed E-state index contributed by atoms with van der Waals surface area (Å²) < 4.78 is 12.8. The molecule has 0 rings (SSSR count). The fourth-order valence-electron chi connectivity index (χ4n) is 6.15. The number of carbonyl (C=O) groups is 2. The van der Waals surface area contributed by atoms with Crippen LogP contribution in [0.25, 0.3) is 0 Å². The van der Waals surface area contributed by atoms with E-state index < -0.39 is 0 Å². The largest absolute Gasteiger partial charge is 0.458 e. The Morgan fingerprint density at radius 1 is 0.370 bits per heavy atom. The molecule has 0 aliphatic carbocycles. The highest BCUT2D eigenvalue weighted by atomic mass is 127. The molecule has 0 aromatic carbocycles. The maximum Gasteiger partial charge on any atom is 0.306 e. The first-order valence-corrected chi connectivity index (χ1v) is 23.1. The number of hydrogen-bond acceptors (Lipinski definition) is 4. The van der Waals surface area contributed by atoms with Crippen LogP contribution >= 0.6 is 45.2 Å². The van der Waals surface area contributed by atoms with E-state index >= 15 is 0 Å². The molecule has 0 bridgehead atoms. The van der Waals surface area contributed by atoms with Crippen LogP contribution in [0.2, 0.25) is 0 Å². The van der Waals surface area contributed by atoms with E-state index in [0.717, 1.165) is 25.7 Å². The first kappa shape index (κ1) is 46.4. The molecule has 0 fully saturated rings. The molecule has 0 aliphatic heterocycles. The predicted octanol–water partition coefficient (Wildman–Crippen LogP) is 14.2. The molecule has 0 aromatic rings. The van der Waals surface area contributed by atoms with E-state index in [4.69, 9.17) is 9.47 Å². The van der Waals surface area contributed by atoms with Gasteiger partial charge < -0.3 is 9.47 Å². The summed E-state index contributed by atoms with van der Waals surface area (Å²) in [5, 5.41) is 0. The lowest BCUT2D eigenvalue weighted by Gasteiger charge is -2.24. The second-order valence-corrected chi connectivity index (χ2v) is 15.5. The van der Waals surface area contributed by atoms with Crippen molar-refractivity contribution < 1.29 is 19.1 Å². The molecule has 0 saturated heterocycles. The van der Waals surface area contributed by atoms with E-state index in [0.29, 0.717) is 21.7 Å². The molecular weight excluding hydrogens is 798 g/mol. The van der Waals surface area contributed by atoms with Crippen LogP contribution in [0, 0.1) is 0 Å². The second-order valence-electron chi connectivity index (χ2n) is 13.8. The Morgan fingerprint density at radius 3 is 0.761 bits per heavy atom. The molecule has 0 saturated carbocycles. The van der Waals surface area contributed by atoms with Crippen molar-refractivity contribution in [2.75, 3.05) is 8.86 Å². The van der Waals surface area contributed by atoms with Gasteiger partial charge in [-0.25, -0.2) is 0 Å². The molecule has 46 heavy (non-hydrogen) atoms. The summed E-state index contributed by atoms with van der Waals surface area (Å²) in [7, 11) is 0. The number of carbonyl (C=O) groups excluding carboxylic acids is 2. The van der Waals surface area contributed by atoms with Crippen LogP contribution in [-0.4, -0.2) is 33.0 Å². The van der Waals surface area contributed by atoms with Crippen molar-refractivity contribution in [3.05, 3.63) is 0 Å². The normalized spacial score (nSPS) is 12.7. The van der Waals surface area contributed by atoms with Gasteiger partial charge in [-0.2, -0.15) is 0 Å². The van der Waals surface area contributed by atoms with Gasteiger partial charge in [-0.05, 0) is 12.8 Å². The molecule has 0 aromatic heterocycles. The zero-order chi connectivity index (χ0) is 33.8. The van der Waals surface area contributed by atoms with Crippen molar-refractivity contribution in [1.29, 1.82) is 0 Å². The highest BCUT2D eigenvalue weighted by Crippen LogP contribution is 2.18. The highest BCUT2D eigenvalue weighted by Gasteiger charge is 2.27. The van der Waals surface area contributed by atoms with Crippen LogP contribution in [0.1, 0.15) is 219 Å². The molecule has 6 heteroatoms. The Morgan fingerprint density at radius 2 is 0.565 bits per heavy atom. The van der Waals surface area contributed by atoms with Crippen molar-refractivity contribution in [3.8, 4) is 0 Å². The van der Waals surface area contributed by atoms with Crippen LogP contribution in [0.4, 0.5) is 0 Å². The Balaban J connectivity index is 3.74. The van der Waals surface area contributed by atoms with Gasteiger partial charge >= 0.3 is 11.9 Å². The maximum absolute atomic E-state index is 12.5. The first-order chi connectivity index (χ1) is 22.6. The summed E-state index contributed by atoms with van der Waals surface area (Å²) in [6.45, 7) is 4.56. The van der Waals surface area contributed by atoms with E-state index in [1.165, 1.54) is 167 Å². The topological polar surface area (TPSA) is 52.6 Å². The van der Waals surface area contributed by atoms with E-state index in [2.05, 4.69) is 59.0 Å². The van der Waals surface area contributed by atoms with Gasteiger partial charge in [0.25, 0.3) is 0 Å². The Bertz CT molecular complexity index is 591. The van der Waals surface area contributed by atoms with Gasteiger partial charge in [0.15, 0.2) is 0 Å². The SMILES string of the molecule is CCCCCCCCCCCCCCCCCC(=O)O[C@@H](CI)[C@@H](CI)OC(=O)CCCCCCCCCCCCCCCCC. The van der Waals surface area contributed by atoms with Gasteiger partial charge in [-0.3, -0.25) is 9.59 Å². The molecule has 4 nitrogen and oxygen atoms in total. The summed E-state index contributed by atoms with van der Waals surface area (Å²) >= 11 is 4.48. The zero-order valence-corrected chi connectivity index (χ0v) is 34.9. The van der Waals surface area contributed by atoms with Gasteiger partial charge in [-0.1, -0.05) is 239 Å². The average Bonchev–Trinajstić information content (AvgIpc) is 3.06. The number of halogens is 2. The van der Waals surface area contributed by atoms with Gasteiger partial charge in [0.2, 0.25) is 0 Å². The number of hydrogen-bond donors (Lipinski definition) is 0. The lowest BCUT2D eigenvalue weighted by molar-refractivity contribution is -0.164. The molecule has 2 atom stereocenters. The van der Waals surface area contributed by atoms with Gasteiger partial charge in [-0.15, -0.1) is 0 Å². The van der Waals surface area contributed by atoms with Crippen molar-refractivity contribution in [2.45, 2.75) is 232 Å². The van der Waals surface area contributed by atoms with Gasteiger partial charge in [0.1, 0.15) is 12.2 Å². The number of unbranched alkanes of at least 4 members (excludes halogenated alkanes) is 28. The third kappa shape index (κ3) is 32.9. The molecule has 0 unspecified atom stereocenters. The van der Waals surface area contributed by atoms with Crippen molar-refractivity contribution in [3.63, 3.8) is 0 Å². The minimum atomic E-state index is -0.355. The smallest absolute Gasteiger partial charge is 0.306 e. The van der Waals surface area contributed by atoms with Crippen molar-refractivity contribution in [1.82, 2.24) is 0 Å². The van der Waals surface area contributed by atoms with Crippen LogP contribution in [0.5, 0.6) is 0 Å². The van der Waals surface area contributed by atoms with Crippen LogP contribution in [0.15, 0.2) is 0 Å². The highest BCUT2D eigenvalue weighted by molar-refractivity contribution is 14.1. The van der Waals surface area contributed by atoms with E-state index in [-0.39, 0.29) is 24.1 Å². The summed E-state index contributed by atoms with van der Waals surface area (Å²) in [5.74, 6) is -0.297. The molecule has 274 valence electrons. The number of esters is 2. The minimum absolute atomic E-state index is 0.148. The maximum atomic E-state index is 12.5. The molecule has 0 aliphatic rings. The van der Waals surface area contributed by atoms with Crippen LogP contribution in [-0.2, 0) is 19.1 Å². The predicted molar refractivity (Wildman–Crippen MR) is 217 cm³/mol. The van der Waals surface area contributed by atoms with E-state index in [1.54, 1.807) is 0 Å². The molecular formula is C40H76I2O4. The third-order valence-electron chi connectivity index (χ3n) is 9.25. The number of rotatable bonds is 37. The Kier molecular flexibility index (Phi) is 38.5. The zero-order valence-electron chi connectivity index (χ0n) is 30.6. The minimum Gasteiger partial charge on any atom is -0.458 e. The molecule has 0 heterocycles. The first-order valence-electron chi connectivity index (χ1n) is 20.1. The van der Waals surface area contributed by atoms with Crippen molar-refractivity contribution in [2.24, 2.45) is 0 Å². The molecule has 0 radical (unpaired) electrons. The van der Waals surface area contributed by atoms with Gasteiger partial charge in [0, 0.05) is 21.7 Å². The van der Waals surface area contributed by atoms with Crippen LogP contribution in [0.3, 0.4) is 0 Å². The Hall–Kier alpha value is 0.400. The summed E-state index contributed by atoms with van der Waals surface area (Å²) in [5.41, 5.74) is 0. The summed E-state index contributed by atoms with van der Waals surface area (Å²) in [6, 6.07) is 0. The summed E-state index contributed by atoms with van der Waals surface area (Å²) in [4.78, 5) is 25.0. The van der Waals surface area contributed by atoms with Crippen molar-refractivity contribution >= 4 is 57.1 Å². The average molecular weight is 875 g/mol. The second kappa shape index (κ2) is 38.2. The molecule has 0 amide bonds. The number of ether oxygens (including phenoxy) is 2. The van der Waals surface area contributed by atoms with E-state index in [1.807, 2.05) is 0 Å². The molecule has 0 N–H and O–H groups in total. The van der Waals surface area contributed by atoms with Gasteiger partial charge in [0.05, 0.1) is 0 Å². The monoisotopic (exact) mass is 874 g/mol. The fourth-order valence-corrected chi connectivity index (χ4v) is 7.64. The quantitative estimate of drug-likeness (QED) is 0.0270.